The highest BCUT2D eigenvalue weighted by Gasteiger charge is 2.07. The predicted octanol–water partition coefficient (Wildman–Crippen LogP) is 2.61. The molecule has 18 heavy (non-hydrogen) atoms. The van der Waals surface area contributed by atoms with Gasteiger partial charge in [0.25, 0.3) is 5.91 Å². The van der Waals surface area contributed by atoms with Crippen molar-refractivity contribution in [1.29, 1.82) is 0 Å². The van der Waals surface area contributed by atoms with Crippen LogP contribution in [0.25, 0.3) is 0 Å². The van der Waals surface area contributed by atoms with Crippen LogP contribution in [0.2, 0.25) is 0 Å². The summed E-state index contributed by atoms with van der Waals surface area (Å²) in [6.45, 7) is 1.38. The Labute approximate surface area is 116 Å². The predicted molar refractivity (Wildman–Crippen MR) is 74.1 cm³/mol. The Kier molecular flexibility index (Phi) is 6.75. The number of carbonyl (C=O) groups is 1. The summed E-state index contributed by atoms with van der Waals surface area (Å²) in [5.41, 5.74) is 0.620. The van der Waals surface area contributed by atoms with Gasteiger partial charge in [0.05, 0.1) is 11.6 Å². The van der Waals surface area contributed by atoms with Crippen molar-refractivity contribution in [3.05, 3.63) is 28.2 Å². The number of hydrogen-bond acceptors (Lipinski definition) is 3. The largest absolute Gasteiger partial charge is 0.496 e. The Hall–Kier alpha value is -1.07. The number of hydrogen-bond donors (Lipinski definition) is 1. The van der Waals surface area contributed by atoms with Crippen molar-refractivity contribution < 1.29 is 14.3 Å². The number of ether oxygens (including phenoxy) is 2. The van der Waals surface area contributed by atoms with Gasteiger partial charge in [-0.2, -0.15) is 0 Å². The highest BCUT2D eigenvalue weighted by atomic mass is 79.9. The van der Waals surface area contributed by atoms with E-state index < -0.39 is 0 Å². The van der Waals surface area contributed by atoms with Crippen LogP contribution in [0.5, 0.6) is 5.75 Å². The first-order chi connectivity index (χ1) is 8.69. The first-order valence-electron chi connectivity index (χ1n) is 5.79. The van der Waals surface area contributed by atoms with Gasteiger partial charge < -0.3 is 14.8 Å². The molecule has 0 heterocycles. The van der Waals surface area contributed by atoms with Crippen LogP contribution >= 0.6 is 15.9 Å². The number of methoxy groups -OCH3 is 2. The van der Waals surface area contributed by atoms with E-state index in [0.717, 1.165) is 23.9 Å². The molecule has 1 aromatic carbocycles. The first kappa shape index (κ1) is 15.0. The maximum atomic E-state index is 11.8. The molecule has 4 nitrogen and oxygen atoms in total. The topological polar surface area (TPSA) is 47.6 Å². The molecular formula is C13H18BrNO3. The summed E-state index contributed by atoms with van der Waals surface area (Å²) in [7, 11) is 3.27. The van der Waals surface area contributed by atoms with Crippen LogP contribution in [-0.2, 0) is 4.74 Å². The van der Waals surface area contributed by atoms with Crippen LogP contribution in [0.15, 0.2) is 22.7 Å². The second-order valence-electron chi connectivity index (χ2n) is 3.81. The Morgan fingerprint density at radius 1 is 1.33 bits per heavy atom. The third-order valence-electron chi connectivity index (χ3n) is 2.47. The van der Waals surface area contributed by atoms with Gasteiger partial charge in [0.2, 0.25) is 0 Å². The lowest BCUT2D eigenvalue weighted by atomic mass is 10.2. The van der Waals surface area contributed by atoms with Gasteiger partial charge in [-0.15, -0.1) is 0 Å². The maximum absolute atomic E-state index is 11.8. The van der Waals surface area contributed by atoms with Crippen molar-refractivity contribution in [3.63, 3.8) is 0 Å². The molecule has 0 aliphatic rings. The van der Waals surface area contributed by atoms with E-state index in [1.807, 2.05) is 0 Å². The SMILES string of the molecule is COCCCCNC(=O)c1ccc(OC)c(Br)c1. The molecule has 0 fully saturated rings. The molecule has 1 aromatic rings. The first-order valence-corrected chi connectivity index (χ1v) is 6.59. The van der Waals surface area contributed by atoms with Gasteiger partial charge in [0.1, 0.15) is 5.75 Å². The van der Waals surface area contributed by atoms with Gasteiger partial charge in [0, 0.05) is 25.8 Å². The number of nitrogens with one attached hydrogen (secondary N) is 1. The third-order valence-corrected chi connectivity index (χ3v) is 3.09. The van der Waals surface area contributed by atoms with Crippen molar-refractivity contribution in [3.8, 4) is 5.75 Å². The Morgan fingerprint density at radius 2 is 2.11 bits per heavy atom. The second-order valence-corrected chi connectivity index (χ2v) is 4.66. The van der Waals surface area contributed by atoms with Gasteiger partial charge >= 0.3 is 0 Å². The van der Waals surface area contributed by atoms with Crippen LogP contribution < -0.4 is 10.1 Å². The summed E-state index contributed by atoms with van der Waals surface area (Å²) < 4.78 is 10.8. The molecule has 5 heteroatoms. The van der Waals surface area contributed by atoms with E-state index in [0.29, 0.717) is 17.9 Å². The minimum atomic E-state index is -0.0734. The molecular weight excluding hydrogens is 298 g/mol. The molecule has 0 atom stereocenters. The molecule has 0 saturated heterocycles. The Balaban J connectivity index is 2.44. The van der Waals surface area contributed by atoms with E-state index >= 15 is 0 Å². The second kappa shape index (κ2) is 8.11. The third kappa shape index (κ3) is 4.66. The Morgan fingerprint density at radius 3 is 2.72 bits per heavy atom. The van der Waals surface area contributed by atoms with Gasteiger partial charge in [-0.1, -0.05) is 0 Å². The van der Waals surface area contributed by atoms with Crippen LogP contribution in [0, 0.1) is 0 Å². The van der Waals surface area contributed by atoms with Gasteiger partial charge in [0.15, 0.2) is 0 Å². The summed E-state index contributed by atoms with van der Waals surface area (Å²) in [4.78, 5) is 11.8. The summed E-state index contributed by atoms with van der Waals surface area (Å²) in [6.07, 6.45) is 1.86. The van der Waals surface area contributed by atoms with Crippen LogP contribution in [0.4, 0.5) is 0 Å². The van der Waals surface area contributed by atoms with E-state index in [9.17, 15) is 4.79 Å². The molecule has 0 aromatic heterocycles. The molecule has 100 valence electrons. The monoisotopic (exact) mass is 315 g/mol. The summed E-state index contributed by atoms with van der Waals surface area (Å²) in [6, 6.07) is 5.27. The fraction of sp³-hybridized carbons (Fsp3) is 0.462. The molecule has 0 bridgehead atoms. The maximum Gasteiger partial charge on any atom is 0.251 e. The summed E-state index contributed by atoms with van der Waals surface area (Å²) >= 11 is 3.36. The van der Waals surface area contributed by atoms with Gasteiger partial charge in [-0.05, 0) is 47.0 Å². The zero-order chi connectivity index (χ0) is 13.4. The van der Waals surface area contributed by atoms with Gasteiger partial charge in [-0.25, -0.2) is 0 Å². The standard InChI is InChI=1S/C13H18BrNO3/c1-17-8-4-3-7-15-13(16)10-5-6-12(18-2)11(14)9-10/h5-6,9H,3-4,7-8H2,1-2H3,(H,15,16). The van der Waals surface area contributed by atoms with Crippen LogP contribution in [0.1, 0.15) is 23.2 Å². The van der Waals surface area contributed by atoms with Crippen molar-refractivity contribution in [2.75, 3.05) is 27.4 Å². The fourth-order valence-corrected chi connectivity index (χ4v) is 2.02. The minimum absolute atomic E-state index is 0.0734. The quantitative estimate of drug-likeness (QED) is 0.787. The van der Waals surface area contributed by atoms with Crippen LogP contribution in [-0.4, -0.2) is 33.3 Å². The molecule has 1 N–H and O–H groups in total. The van der Waals surface area contributed by atoms with Crippen LogP contribution in [0.3, 0.4) is 0 Å². The lowest BCUT2D eigenvalue weighted by Gasteiger charge is -2.07. The lowest BCUT2D eigenvalue weighted by Crippen LogP contribution is -2.24. The number of benzene rings is 1. The number of carbonyl (C=O) groups excluding carboxylic acids is 1. The molecule has 1 amide bonds. The van der Waals surface area contributed by atoms with E-state index in [4.69, 9.17) is 9.47 Å². The number of halogens is 1. The molecule has 0 aliphatic heterocycles. The molecule has 0 radical (unpaired) electrons. The molecule has 0 saturated carbocycles. The Bertz CT molecular complexity index is 396. The number of rotatable bonds is 7. The molecule has 0 spiro atoms. The molecule has 1 rings (SSSR count). The normalized spacial score (nSPS) is 10.2. The zero-order valence-corrected chi connectivity index (χ0v) is 12.2. The van der Waals surface area contributed by atoms with Crippen molar-refractivity contribution in [2.45, 2.75) is 12.8 Å². The number of unbranched alkanes of at least 4 members (excludes halogenated alkanes) is 1. The average molecular weight is 316 g/mol. The van der Waals surface area contributed by atoms with Gasteiger partial charge in [-0.3, -0.25) is 4.79 Å². The molecule has 0 unspecified atom stereocenters. The fourth-order valence-electron chi connectivity index (χ4n) is 1.48. The smallest absolute Gasteiger partial charge is 0.251 e. The highest BCUT2D eigenvalue weighted by molar-refractivity contribution is 9.10. The minimum Gasteiger partial charge on any atom is -0.496 e. The highest BCUT2D eigenvalue weighted by Crippen LogP contribution is 2.25. The van der Waals surface area contributed by atoms with E-state index in [2.05, 4.69) is 21.2 Å². The van der Waals surface area contributed by atoms with E-state index in [1.165, 1.54) is 0 Å². The van der Waals surface area contributed by atoms with Crippen molar-refractivity contribution in [1.82, 2.24) is 5.32 Å². The number of amides is 1. The summed E-state index contributed by atoms with van der Waals surface area (Å²) in [5, 5.41) is 2.87. The van der Waals surface area contributed by atoms with E-state index in [1.54, 1.807) is 32.4 Å². The zero-order valence-electron chi connectivity index (χ0n) is 10.7. The van der Waals surface area contributed by atoms with Crippen molar-refractivity contribution >= 4 is 21.8 Å². The molecule has 0 aliphatic carbocycles. The average Bonchev–Trinajstić information content (AvgIpc) is 2.38. The lowest BCUT2D eigenvalue weighted by molar-refractivity contribution is 0.0951. The summed E-state index contributed by atoms with van der Waals surface area (Å²) in [5.74, 6) is 0.641. The van der Waals surface area contributed by atoms with Crippen molar-refractivity contribution in [2.24, 2.45) is 0 Å². The van der Waals surface area contributed by atoms with E-state index in [-0.39, 0.29) is 5.91 Å².